The first-order valence-corrected chi connectivity index (χ1v) is 9.21. The maximum atomic E-state index is 12.7. The SMILES string of the molecule is COC(=O)C(C(=O)OC)[C@H](C)[C@H](NC(=O)c1ccc(-c2ccccc2)cc1)C(N)=O. The smallest absolute Gasteiger partial charge is 0.320 e. The summed E-state index contributed by atoms with van der Waals surface area (Å²) < 4.78 is 9.25. The lowest BCUT2D eigenvalue weighted by Gasteiger charge is -2.26. The van der Waals surface area contributed by atoms with Gasteiger partial charge >= 0.3 is 11.9 Å². The maximum absolute atomic E-state index is 12.7. The van der Waals surface area contributed by atoms with Crippen LogP contribution < -0.4 is 11.1 Å². The van der Waals surface area contributed by atoms with Crippen LogP contribution in [-0.2, 0) is 23.9 Å². The van der Waals surface area contributed by atoms with Crippen LogP contribution in [0.25, 0.3) is 11.1 Å². The monoisotopic (exact) mass is 412 g/mol. The number of primary amides is 1. The van der Waals surface area contributed by atoms with Crippen molar-refractivity contribution in [3.8, 4) is 11.1 Å². The van der Waals surface area contributed by atoms with Gasteiger partial charge in [0.05, 0.1) is 14.2 Å². The normalized spacial score (nSPS) is 12.5. The Labute approximate surface area is 174 Å². The van der Waals surface area contributed by atoms with E-state index in [1.54, 1.807) is 24.3 Å². The molecule has 0 aliphatic heterocycles. The van der Waals surface area contributed by atoms with Crippen LogP contribution in [0.3, 0.4) is 0 Å². The van der Waals surface area contributed by atoms with Gasteiger partial charge in [0.15, 0.2) is 5.92 Å². The van der Waals surface area contributed by atoms with Crippen LogP contribution in [0.15, 0.2) is 54.6 Å². The molecular weight excluding hydrogens is 388 g/mol. The van der Waals surface area contributed by atoms with Crippen LogP contribution in [-0.4, -0.2) is 44.0 Å². The zero-order valence-corrected chi connectivity index (χ0v) is 17.0. The number of carbonyl (C=O) groups excluding carboxylic acids is 4. The van der Waals surface area contributed by atoms with Crippen LogP contribution >= 0.6 is 0 Å². The Bertz CT molecular complexity index is 895. The molecule has 0 saturated carbocycles. The molecule has 158 valence electrons. The molecule has 2 amide bonds. The highest BCUT2D eigenvalue weighted by Gasteiger charge is 2.41. The number of rotatable bonds is 8. The molecule has 2 aromatic carbocycles. The van der Waals surface area contributed by atoms with Crippen molar-refractivity contribution in [1.82, 2.24) is 5.32 Å². The molecule has 2 aromatic rings. The van der Waals surface area contributed by atoms with Crippen LogP contribution in [0.4, 0.5) is 0 Å². The summed E-state index contributed by atoms with van der Waals surface area (Å²) in [5, 5.41) is 2.50. The third-order valence-electron chi connectivity index (χ3n) is 4.81. The van der Waals surface area contributed by atoms with Gasteiger partial charge < -0.3 is 20.5 Å². The summed E-state index contributed by atoms with van der Waals surface area (Å²) in [4.78, 5) is 48.7. The van der Waals surface area contributed by atoms with E-state index in [-0.39, 0.29) is 0 Å². The second-order valence-electron chi connectivity index (χ2n) is 6.68. The molecule has 0 spiro atoms. The quantitative estimate of drug-likeness (QED) is 0.500. The van der Waals surface area contributed by atoms with Crippen molar-refractivity contribution >= 4 is 23.8 Å². The number of amides is 2. The third-order valence-corrected chi connectivity index (χ3v) is 4.81. The summed E-state index contributed by atoms with van der Waals surface area (Å²) in [5.41, 5.74) is 7.63. The second-order valence-corrected chi connectivity index (χ2v) is 6.68. The molecule has 0 aliphatic rings. The Balaban J connectivity index is 2.21. The van der Waals surface area contributed by atoms with Crippen LogP contribution in [0.1, 0.15) is 17.3 Å². The van der Waals surface area contributed by atoms with Gasteiger partial charge in [-0.15, -0.1) is 0 Å². The molecule has 0 radical (unpaired) electrons. The van der Waals surface area contributed by atoms with E-state index in [1.165, 1.54) is 6.92 Å². The standard InChI is InChI=1S/C22H24N2O6/c1-13(17(21(27)29-2)22(28)30-3)18(19(23)25)24-20(26)16-11-9-15(10-12-16)14-7-5-4-6-8-14/h4-13,17-18H,1-3H3,(H2,23,25)(H,24,26)/t13-,18-/m0/s1. The number of benzene rings is 2. The van der Waals surface area contributed by atoms with Crippen LogP contribution in [0.5, 0.6) is 0 Å². The minimum absolute atomic E-state index is 0.292. The summed E-state index contributed by atoms with van der Waals surface area (Å²) in [6.45, 7) is 1.44. The Morgan fingerprint density at radius 2 is 1.33 bits per heavy atom. The van der Waals surface area contributed by atoms with E-state index in [1.807, 2.05) is 30.3 Å². The summed E-state index contributed by atoms with van der Waals surface area (Å²) in [7, 11) is 2.22. The maximum Gasteiger partial charge on any atom is 0.320 e. The Morgan fingerprint density at radius 1 is 0.833 bits per heavy atom. The molecule has 8 heteroatoms. The summed E-state index contributed by atoms with van der Waals surface area (Å²) in [5.74, 6) is -5.65. The number of carbonyl (C=O) groups is 4. The highest BCUT2D eigenvalue weighted by atomic mass is 16.5. The van der Waals surface area contributed by atoms with Gasteiger partial charge in [0, 0.05) is 11.5 Å². The number of methoxy groups -OCH3 is 2. The highest BCUT2D eigenvalue weighted by Crippen LogP contribution is 2.21. The fourth-order valence-electron chi connectivity index (χ4n) is 3.10. The first-order valence-electron chi connectivity index (χ1n) is 9.21. The molecule has 30 heavy (non-hydrogen) atoms. The molecule has 2 atom stereocenters. The molecule has 0 bridgehead atoms. The Morgan fingerprint density at radius 3 is 1.80 bits per heavy atom. The van der Waals surface area contributed by atoms with Crippen molar-refractivity contribution in [2.45, 2.75) is 13.0 Å². The van der Waals surface area contributed by atoms with E-state index in [9.17, 15) is 19.2 Å². The van der Waals surface area contributed by atoms with Crippen LogP contribution in [0.2, 0.25) is 0 Å². The van der Waals surface area contributed by atoms with E-state index in [2.05, 4.69) is 14.8 Å². The average molecular weight is 412 g/mol. The van der Waals surface area contributed by atoms with Crippen LogP contribution in [0, 0.1) is 11.8 Å². The lowest BCUT2D eigenvalue weighted by Crippen LogP contribution is -2.52. The van der Waals surface area contributed by atoms with Gasteiger partial charge in [-0.3, -0.25) is 19.2 Å². The summed E-state index contributed by atoms with van der Waals surface area (Å²) in [6.07, 6.45) is 0. The second kappa shape index (κ2) is 10.2. The van der Waals surface area contributed by atoms with Gasteiger partial charge in [0.25, 0.3) is 5.91 Å². The zero-order valence-electron chi connectivity index (χ0n) is 17.0. The first-order chi connectivity index (χ1) is 14.3. The number of hydrogen-bond donors (Lipinski definition) is 2. The van der Waals surface area contributed by atoms with Gasteiger partial charge in [-0.05, 0) is 23.3 Å². The predicted molar refractivity (Wildman–Crippen MR) is 109 cm³/mol. The van der Waals surface area contributed by atoms with Crippen molar-refractivity contribution < 1.29 is 28.7 Å². The van der Waals surface area contributed by atoms with Gasteiger partial charge in [0.1, 0.15) is 6.04 Å². The van der Waals surface area contributed by atoms with Crippen molar-refractivity contribution in [3.63, 3.8) is 0 Å². The number of nitrogens with one attached hydrogen (secondary N) is 1. The molecule has 0 aromatic heterocycles. The molecule has 2 rings (SSSR count). The predicted octanol–water partition coefficient (Wildman–Crippen LogP) is 1.54. The van der Waals surface area contributed by atoms with E-state index in [0.717, 1.165) is 25.3 Å². The number of nitrogens with two attached hydrogens (primary N) is 1. The minimum atomic E-state index is -1.42. The average Bonchev–Trinajstić information content (AvgIpc) is 2.77. The van der Waals surface area contributed by atoms with Crippen molar-refractivity contribution in [2.75, 3.05) is 14.2 Å². The molecule has 3 N–H and O–H groups in total. The van der Waals surface area contributed by atoms with Crippen molar-refractivity contribution in [3.05, 3.63) is 60.2 Å². The van der Waals surface area contributed by atoms with Crippen molar-refractivity contribution in [1.29, 1.82) is 0 Å². The first kappa shape index (κ1) is 22.6. The largest absolute Gasteiger partial charge is 0.468 e. The summed E-state index contributed by atoms with van der Waals surface area (Å²) in [6, 6.07) is 15.1. The minimum Gasteiger partial charge on any atom is -0.468 e. The molecular formula is C22H24N2O6. The lowest BCUT2D eigenvalue weighted by molar-refractivity contribution is -0.161. The fourth-order valence-corrected chi connectivity index (χ4v) is 3.10. The number of esters is 2. The zero-order chi connectivity index (χ0) is 22.3. The topological polar surface area (TPSA) is 125 Å². The van der Waals surface area contributed by atoms with Crippen molar-refractivity contribution in [2.24, 2.45) is 17.6 Å². The summed E-state index contributed by atoms with van der Waals surface area (Å²) >= 11 is 0. The lowest BCUT2D eigenvalue weighted by atomic mass is 9.86. The third kappa shape index (κ3) is 5.22. The molecule has 0 fully saturated rings. The molecule has 8 nitrogen and oxygen atoms in total. The molecule has 0 saturated heterocycles. The molecule has 0 unspecified atom stereocenters. The number of ether oxygens (including phenoxy) is 2. The van der Waals surface area contributed by atoms with E-state index in [0.29, 0.717) is 5.56 Å². The molecule has 0 heterocycles. The highest BCUT2D eigenvalue weighted by molar-refractivity contribution is 5.99. The fraction of sp³-hybridized carbons (Fsp3) is 0.273. The van der Waals surface area contributed by atoms with E-state index in [4.69, 9.17) is 5.73 Å². The number of hydrogen-bond acceptors (Lipinski definition) is 6. The van der Waals surface area contributed by atoms with Gasteiger partial charge in [-0.25, -0.2) is 0 Å². The van der Waals surface area contributed by atoms with Gasteiger partial charge in [-0.1, -0.05) is 49.4 Å². The molecule has 0 aliphatic carbocycles. The van der Waals surface area contributed by atoms with Gasteiger partial charge in [-0.2, -0.15) is 0 Å². The van der Waals surface area contributed by atoms with E-state index < -0.39 is 41.6 Å². The Hall–Kier alpha value is -3.68. The Kier molecular flexibility index (Phi) is 7.69. The van der Waals surface area contributed by atoms with E-state index >= 15 is 0 Å². The van der Waals surface area contributed by atoms with Gasteiger partial charge in [0.2, 0.25) is 5.91 Å².